The molecule has 0 radical (unpaired) electrons. The van der Waals surface area contributed by atoms with E-state index in [1.165, 1.54) is 23.5 Å². The standard InChI is InChI=1S/C19H20Cl2N2O5S/c1-12-3-4-17(27-2)16(9-12)22-19(24)13-10-18(15(21)11-14(13)20)29(25,26)23-5-7-28-8-6-23/h3-4,9-11H,5-8H2,1-2H3,(H,22,24). The lowest BCUT2D eigenvalue weighted by molar-refractivity contribution is 0.0730. The van der Waals surface area contributed by atoms with Crippen LogP contribution in [0.15, 0.2) is 35.2 Å². The van der Waals surface area contributed by atoms with E-state index in [2.05, 4.69) is 5.32 Å². The fraction of sp³-hybridized carbons (Fsp3) is 0.316. The molecule has 1 fully saturated rings. The van der Waals surface area contributed by atoms with Crippen molar-refractivity contribution < 1.29 is 22.7 Å². The quantitative estimate of drug-likeness (QED) is 0.739. The molecule has 1 heterocycles. The van der Waals surface area contributed by atoms with Gasteiger partial charge in [0.15, 0.2) is 0 Å². The second kappa shape index (κ2) is 8.89. The lowest BCUT2D eigenvalue weighted by Crippen LogP contribution is -2.40. The Morgan fingerprint density at radius 1 is 1.14 bits per heavy atom. The summed E-state index contributed by atoms with van der Waals surface area (Å²) >= 11 is 12.4. The van der Waals surface area contributed by atoms with Gasteiger partial charge in [-0.15, -0.1) is 0 Å². The van der Waals surface area contributed by atoms with Crippen molar-refractivity contribution >= 4 is 44.8 Å². The number of carbonyl (C=O) groups is 1. The molecule has 2 aromatic carbocycles. The van der Waals surface area contributed by atoms with Gasteiger partial charge in [-0.2, -0.15) is 4.31 Å². The van der Waals surface area contributed by atoms with Gasteiger partial charge in [0.05, 0.1) is 41.6 Å². The van der Waals surface area contributed by atoms with Crippen LogP contribution in [-0.2, 0) is 14.8 Å². The molecule has 1 N–H and O–H groups in total. The highest BCUT2D eigenvalue weighted by Crippen LogP contribution is 2.32. The third kappa shape index (κ3) is 4.67. The minimum absolute atomic E-state index is 0.00791. The monoisotopic (exact) mass is 458 g/mol. The zero-order valence-electron chi connectivity index (χ0n) is 15.9. The third-order valence-corrected chi connectivity index (χ3v) is 7.13. The summed E-state index contributed by atoms with van der Waals surface area (Å²) in [5.74, 6) is -0.107. The Bertz CT molecular complexity index is 1040. The van der Waals surface area contributed by atoms with Crippen LogP contribution in [0.2, 0.25) is 10.0 Å². The van der Waals surface area contributed by atoms with Gasteiger partial charge in [0, 0.05) is 13.1 Å². The second-order valence-electron chi connectivity index (χ2n) is 6.44. The Labute approximate surface area is 179 Å². The Balaban J connectivity index is 1.97. The molecule has 0 atom stereocenters. The molecule has 1 aliphatic rings. The van der Waals surface area contributed by atoms with Crippen LogP contribution in [0.1, 0.15) is 15.9 Å². The zero-order chi connectivity index (χ0) is 21.2. The van der Waals surface area contributed by atoms with Gasteiger partial charge in [0.1, 0.15) is 10.6 Å². The minimum Gasteiger partial charge on any atom is -0.495 e. The second-order valence-corrected chi connectivity index (χ2v) is 9.16. The number of halogens is 2. The first-order valence-electron chi connectivity index (χ1n) is 8.77. The summed E-state index contributed by atoms with van der Waals surface area (Å²) in [5.41, 5.74) is 1.35. The van der Waals surface area contributed by atoms with Crippen LogP contribution in [0.3, 0.4) is 0 Å². The first-order valence-corrected chi connectivity index (χ1v) is 11.0. The van der Waals surface area contributed by atoms with E-state index >= 15 is 0 Å². The first kappa shape index (κ1) is 21.9. The molecule has 0 unspecified atom stereocenters. The van der Waals surface area contributed by atoms with Gasteiger partial charge < -0.3 is 14.8 Å². The van der Waals surface area contributed by atoms with E-state index in [0.29, 0.717) is 24.7 Å². The van der Waals surface area contributed by atoms with Crippen molar-refractivity contribution in [2.45, 2.75) is 11.8 Å². The van der Waals surface area contributed by atoms with Crippen LogP contribution < -0.4 is 10.1 Å². The summed E-state index contributed by atoms with van der Waals surface area (Å²) in [7, 11) is -2.41. The van der Waals surface area contributed by atoms with E-state index < -0.39 is 15.9 Å². The molecule has 0 bridgehead atoms. The summed E-state index contributed by atoms with van der Waals surface area (Å²) in [5, 5.41) is 2.71. The zero-order valence-corrected chi connectivity index (χ0v) is 18.2. The van der Waals surface area contributed by atoms with Crippen molar-refractivity contribution in [3.63, 3.8) is 0 Å². The van der Waals surface area contributed by atoms with Crippen molar-refractivity contribution in [1.82, 2.24) is 4.31 Å². The van der Waals surface area contributed by atoms with Crippen LogP contribution in [-0.4, -0.2) is 52.0 Å². The van der Waals surface area contributed by atoms with E-state index in [4.69, 9.17) is 32.7 Å². The number of rotatable bonds is 5. The molecular formula is C19H20Cl2N2O5S. The SMILES string of the molecule is COc1ccc(C)cc1NC(=O)c1cc(S(=O)(=O)N2CCOCC2)c(Cl)cc1Cl. The molecule has 156 valence electrons. The van der Waals surface area contributed by atoms with E-state index in [-0.39, 0.29) is 33.6 Å². The third-order valence-electron chi connectivity index (χ3n) is 4.46. The number of methoxy groups -OCH3 is 1. The van der Waals surface area contributed by atoms with Gasteiger partial charge >= 0.3 is 0 Å². The van der Waals surface area contributed by atoms with E-state index in [9.17, 15) is 13.2 Å². The maximum absolute atomic E-state index is 13.0. The molecule has 7 nitrogen and oxygen atoms in total. The molecule has 0 spiro atoms. The Morgan fingerprint density at radius 2 is 1.83 bits per heavy atom. The molecular weight excluding hydrogens is 439 g/mol. The molecule has 0 aromatic heterocycles. The lowest BCUT2D eigenvalue weighted by atomic mass is 10.1. The molecule has 2 aromatic rings. The molecule has 1 aliphatic heterocycles. The number of morpholine rings is 1. The van der Waals surface area contributed by atoms with E-state index in [1.54, 1.807) is 12.1 Å². The van der Waals surface area contributed by atoms with Crippen LogP contribution >= 0.6 is 23.2 Å². The van der Waals surface area contributed by atoms with Gasteiger partial charge in [-0.1, -0.05) is 29.3 Å². The topological polar surface area (TPSA) is 84.9 Å². The maximum atomic E-state index is 13.0. The highest BCUT2D eigenvalue weighted by Gasteiger charge is 2.30. The predicted octanol–water partition coefficient (Wildman–Crippen LogP) is 3.58. The highest BCUT2D eigenvalue weighted by atomic mass is 35.5. The number of nitrogens with zero attached hydrogens (tertiary/aromatic N) is 1. The van der Waals surface area contributed by atoms with E-state index in [0.717, 1.165) is 5.56 Å². The molecule has 1 saturated heterocycles. The smallest absolute Gasteiger partial charge is 0.257 e. The average Bonchev–Trinajstić information content (AvgIpc) is 2.68. The normalized spacial score (nSPS) is 15.2. The van der Waals surface area contributed by atoms with Crippen molar-refractivity contribution in [2.75, 3.05) is 38.7 Å². The largest absolute Gasteiger partial charge is 0.495 e. The summed E-state index contributed by atoms with van der Waals surface area (Å²) in [6.45, 7) is 2.89. The minimum atomic E-state index is -3.90. The molecule has 10 heteroatoms. The molecule has 29 heavy (non-hydrogen) atoms. The van der Waals surface area contributed by atoms with Crippen molar-refractivity contribution in [1.29, 1.82) is 0 Å². The summed E-state index contributed by atoms with van der Waals surface area (Å²) in [4.78, 5) is 12.7. The predicted molar refractivity (Wildman–Crippen MR) is 112 cm³/mol. The van der Waals surface area contributed by atoms with Gasteiger partial charge in [0.25, 0.3) is 5.91 Å². The van der Waals surface area contributed by atoms with Crippen LogP contribution in [0.4, 0.5) is 5.69 Å². The average molecular weight is 459 g/mol. The number of sulfonamides is 1. The van der Waals surface area contributed by atoms with Crippen molar-refractivity contribution in [2.24, 2.45) is 0 Å². The Morgan fingerprint density at radius 3 is 2.48 bits per heavy atom. The number of anilines is 1. The Hall–Kier alpha value is -1.84. The number of amides is 1. The molecule has 0 aliphatic carbocycles. The summed E-state index contributed by atoms with van der Waals surface area (Å²) in [6.07, 6.45) is 0. The number of carbonyl (C=O) groups excluding carboxylic acids is 1. The first-order chi connectivity index (χ1) is 13.7. The van der Waals surface area contributed by atoms with Crippen LogP contribution in [0, 0.1) is 6.92 Å². The van der Waals surface area contributed by atoms with Crippen LogP contribution in [0.5, 0.6) is 5.75 Å². The maximum Gasteiger partial charge on any atom is 0.257 e. The van der Waals surface area contributed by atoms with Gasteiger partial charge in [0.2, 0.25) is 10.0 Å². The fourth-order valence-electron chi connectivity index (χ4n) is 2.94. The number of hydrogen-bond acceptors (Lipinski definition) is 5. The number of nitrogens with one attached hydrogen (secondary N) is 1. The Kier molecular flexibility index (Phi) is 6.70. The molecule has 3 rings (SSSR count). The fourth-order valence-corrected chi connectivity index (χ4v) is 5.18. The van der Waals surface area contributed by atoms with Gasteiger partial charge in [-0.25, -0.2) is 8.42 Å². The van der Waals surface area contributed by atoms with Crippen LogP contribution in [0.25, 0.3) is 0 Å². The number of aryl methyl sites for hydroxylation is 1. The summed E-state index contributed by atoms with van der Waals surface area (Å²) < 4.78 is 37.7. The number of ether oxygens (including phenoxy) is 2. The molecule has 1 amide bonds. The van der Waals surface area contributed by atoms with E-state index in [1.807, 2.05) is 13.0 Å². The lowest BCUT2D eigenvalue weighted by Gasteiger charge is -2.26. The van der Waals surface area contributed by atoms with Crippen molar-refractivity contribution in [3.05, 3.63) is 51.5 Å². The summed E-state index contributed by atoms with van der Waals surface area (Å²) in [6, 6.07) is 7.78. The van der Waals surface area contributed by atoms with Crippen molar-refractivity contribution in [3.8, 4) is 5.75 Å². The number of benzene rings is 2. The van der Waals surface area contributed by atoms with Gasteiger partial charge in [-0.05, 0) is 36.8 Å². The number of hydrogen-bond donors (Lipinski definition) is 1. The molecule has 0 saturated carbocycles. The highest BCUT2D eigenvalue weighted by molar-refractivity contribution is 7.89. The van der Waals surface area contributed by atoms with Gasteiger partial charge in [-0.3, -0.25) is 4.79 Å².